The molecule has 4 heteroatoms. The second-order valence-electron chi connectivity index (χ2n) is 4.58. The number of halogens is 3. The highest BCUT2D eigenvalue weighted by atomic mass is 35.5. The molecule has 0 aromatic heterocycles. The molecule has 0 amide bonds. The van der Waals surface area contributed by atoms with Crippen molar-refractivity contribution in [3.05, 3.63) is 69.5 Å². The van der Waals surface area contributed by atoms with Crippen molar-refractivity contribution in [3.8, 4) is 0 Å². The number of hydrogen-bond donors (Lipinski definition) is 1. The van der Waals surface area contributed by atoms with E-state index >= 15 is 0 Å². The van der Waals surface area contributed by atoms with E-state index in [9.17, 15) is 4.39 Å². The fraction of sp³-hybridized carbons (Fsp3) is 0.250. The maximum atomic E-state index is 13.6. The lowest BCUT2D eigenvalue weighted by Crippen LogP contribution is -2.23. The van der Waals surface area contributed by atoms with Crippen LogP contribution in [0.25, 0.3) is 0 Å². The zero-order valence-corrected chi connectivity index (χ0v) is 12.7. The van der Waals surface area contributed by atoms with E-state index in [4.69, 9.17) is 23.2 Å². The Morgan fingerprint density at radius 3 is 2.45 bits per heavy atom. The van der Waals surface area contributed by atoms with Crippen molar-refractivity contribution in [1.29, 1.82) is 0 Å². The highest BCUT2D eigenvalue weighted by Gasteiger charge is 2.16. The van der Waals surface area contributed by atoms with Crippen LogP contribution in [0.5, 0.6) is 0 Å². The van der Waals surface area contributed by atoms with E-state index in [1.54, 1.807) is 6.07 Å². The Bertz CT molecular complexity index is 569. The Morgan fingerprint density at radius 2 is 1.80 bits per heavy atom. The summed E-state index contributed by atoms with van der Waals surface area (Å²) in [5, 5.41) is 4.24. The van der Waals surface area contributed by atoms with Gasteiger partial charge in [-0.05, 0) is 42.3 Å². The van der Waals surface area contributed by atoms with E-state index in [-0.39, 0.29) is 16.9 Å². The second kappa shape index (κ2) is 7.07. The summed E-state index contributed by atoms with van der Waals surface area (Å²) < 4.78 is 13.6. The van der Waals surface area contributed by atoms with Gasteiger partial charge in [0.2, 0.25) is 0 Å². The molecule has 2 aromatic carbocycles. The minimum absolute atomic E-state index is 0.0237. The van der Waals surface area contributed by atoms with Crippen LogP contribution in [0.1, 0.15) is 24.1 Å². The number of rotatable bonds is 5. The smallest absolute Gasteiger partial charge is 0.142 e. The summed E-state index contributed by atoms with van der Waals surface area (Å²) in [6, 6.07) is 12.5. The van der Waals surface area contributed by atoms with Crippen molar-refractivity contribution in [2.45, 2.75) is 19.4 Å². The van der Waals surface area contributed by atoms with Gasteiger partial charge in [0.1, 0.15) is 5.82 Å². The first kappa shape index (κ1) is 15.3. The van der Waals surface area contributed by atoms with Crippen LogP contribution >= 0.6 is 23.2 Å². The van der Waals surface area contributed by atoms with Gasteiger partial charge in [-0.2, -0.15) is 0 Å². The molecule has 0 radical (unpaired) electrons. The monoisotopic (exact) mass is 311 g/mol. The second-order valence-corrected chi connectivity index (χ2v) is 5.40. The van der Waals surface area contributed by atoms with Gasteiger partial charge >= 0.3 is 0 Å². The lowest BCUT2D eigenvalue weighted by atomic mass is 9.98. The molecule has 0 heterocycles. The van der Waals surface area contributed by atoms with Gasteiger partial charge in [-0.3, -0.25) is 0 Å². The molecule has 0 saturated heterocycles. The molecule has 1 nitrogen and oxygen atoms in total. The molecule has 2 rings (SSSR count). The Hall–Kier alpha value is -1.09. The normalized spacial score (nSPS) is 12.4. The molecular formula is C16H16Cl2FN. The molecule has 20 heavy (non-hydrogen) atoms. The van der Waals surface area contributed by atoms with Gasteiger partial charge < -0.3 is 5.32 Å². The lowest BCUT2D eigenvalue weighted by Gasteiger charge is -2.20. The number of likely N-dealkylation sites (N-methyl/N-ethyl adjacent to an activating group) is 1. The van der Waals surface area contributed by atoms with Crippen LogP contribution in [0.3, 0.4) is 0 Å². The van der Waals surface area contributed by atoms with Crippen molar-refractivity contribution in [3.63, 3.8) is 0 Å². The highest BCUT2D eigenvalue weighted by Crippen LogP contribution is 2.28. The van der Waals surface area contributed by atoms with E-state index < -0.39 is 0 Å². The lowest BCUT2D eigenvalue weighted by molar-refractivity contribution is 0.543. The van der Waals surface area contributed by atoms with Gasteiger partial charge in [0, 0.05) is 11.1 Å². The van der Waals surface area contributed by atoms with Gasteiger partial charge in [0.25, 0.3) is 0 Å². The van der Waals surface area contributed by atoms with Crippen molar-refractivity contribution in [1.82, 2.24) is 5.32 Å². The summed E-state index contributed by atoms with van der Waals surface area (Å²) in [5.41, 5.74) is 1.91. The summed E-state index contributed by atoms with van der Waals surface area (Å²) in [4.78, 5) is 0. The van der Waals surface area contributed by atoms with E-state index in [1.807, 2.05) is 37.3 Å². The van der Waals surface area contributed by atoms with Gasteiger partial charge in [-0.1, -0.05) is 54.4 Å². The maximum Gasteiger partial charge on any atom is 0.142 e. The minimum atomic E-state index is -0.386. The molecule has 0 aliphatic rings. The van der Waals surface area contributed by atoms with Crippen LogP contribution in [-0.4, -0.2) is 6.54 Å². The molecule has 0 spiro atoms. The topological polar surface area (TPSA) is 12.0 Å². The quantitative estimate of drug-likeness (QED) is 0.817. The summed E-state index contributed by atoms with van der Waals surface area (Å²) in [5.74, 6) is -0.386. The van der Waals surface area contributed by atoms with E-state index in [1.165, 1.54) is 6.07 Å². The molecular weight excluding hydrogens is 296 g/mol. The predicted octanol–water partition coefficient (Wildman–Crippen LogP) is 5.03. The third-order valence-corrected chi connectivity index (χ3v) is 3.81. The molecule has 0 bridgehead atoms. The van der Waals surface area contributed by atoms with Crippen molar-refractivity contribution in [2.24, 2.45) is 0 Å². The summed E-state index contributed by atoms with van der Waals surface area (Å²) in [6.07, 6.45) is 0.730. The third-order valence-electron chi connectivity index (χ3n) is 3.16. The molecule has 1 unspecified atom stereocenters. The Kier molecular flexibility index (Phi) is 5.41. The standard InChI is InChI=1S/C16H16Cl2FN/c1-2-20-15(10-11-6-8-12(17)9-7-11)13-4-3-5-14(19)16(13)18/h3-9,15,20H,2,10H2,1H3. The van der Waals surface area contributed by atoms with Crippen molar-refractivity contribution < 1.29 is 4.39 Å². The van der Waals surface area contributed by atoms with Crippen LogP contribution < -0.4 is 5.32 Å². The van der Waals surface area contributed by atoms with Crippen molar-refractivity contribution in [2.75, 3.05) is 6.54 Å². The fourth-order valence-corrected chi connectivity index (χ4v) is 2.57. The van der Waals surface area contributed by atoms with E-state index in [2.05, 4.69) is 5.32 Å². The molecule has 0 saturated carbocycles. The predicted molar refractivity (Wildman–Crippen MR) is 83.0 cm³/mol. The van der Waals surface area contributed by atoms with Gasteiger partial charge in [0.15, 0.2) is 0 Å². The Balaban J connectivity index is 2.26. The largest absolute Gasteiger partial charge is 0.310 e. The van der Waals surface area contributed by atoms with E-state index in [0.717, 1.165) is 24.1 Å². The van der Waals surface area contributed by atoms with Gasteiger partial charge in [-0.15, -0.1) is 0 Å². The minimum Gasteiger partial charge on any atom is -0.310 e. The van der Waals surface area contributed by atoms with Gasteiger partial charge in [0.05, 0.1) is 5.02 Å². The zero-order valence-electron chi connectivity index (χ0n) is 11.2. The summed E-state index contributed by atoms with van der Waals surface area (Å²) in [6.45, 7) is 2.80. The van der Waals surface area contributed by atoms with Crippen LogP contribution in [0.4, 0.5) is 4.39 Å². The van der Waals surface area contributed by atoms with Gasteiger partial charge in [-0.25, -0.2) is 4.39 Å². The first-order valence-electron chi connectivity index (χ1n) is 6.53. The Labute approximate surface area is 128 Å². The Morgan fingerprint density at radius 1 is 1.10 bits per heavy atom. The fourth-order valence-electron chi connectivity index (χ4n) is 2.18. The number of benzene rings is 2. The SMILES string of the molecule is CCNC(Cc1ccc(Cl)cc1)c1cccc(F)c1Cl. The summed E-state index contributed by atoms with van der Waals surface area (Å²) >= 11 is 12.0. The van der Waals surface area contributed by atoms with Crippen LogP contribution in [0.15, 0.2) is 42.5 Å². The molecule has 0 fully saturated rings. The number of nitrogens with one attached hydrogen (secondary N) is 1. The first-order valence-corrected chi connectivity index (χ1v) is 7.29. The van der Waals surface area contributed by atoms with Crippen LogP contribution in [0, 0.1) is 5.82 Å². The van der Waals surface area contributed by atoms with Crippen LogP contribution in [0.2, 0.25) is 10.0 Å². The first-order chi connectivity index (χ1) is 9.61. The maximum absolute atomic E-state index is 13.6. The van der Waals surface area contributed by atoms with E-state index in [0.29, 0.717) is 5.02 Å². The molecule has 106 valence electrons. The molecule has 1 N–H and O–H groups in total. The van der Waals surface area contributed by atoms with Crippen LogP contribution in [-0.2, 0) is 6.42 Å². The molecule has 1 atom stereocenters. The number of hydrogen-bond acceptors (Lipinski definition) is 1. The molecule has 0 aliphatic carbocycles. The average Bonchev–Trinajstić information content (AvgIpc) is 2.44. The summed E-state index contributed by atoms with van der Waals surface area (Å²) in [7, 11) is 0. The zero-order chi connectivity index (χ0) is 14.5. The molecule has 0 aliphatic heterocycles. The third kappa shape index (κ3) is 3.72. The highest BCUT2D eigenvalue weighted by molar-refractivity contribution is 6.31. The van der Waals surface area contributed by atoms with Crippen molar-refractivity contribution >= 4 is 23.2 Å². The average molecular weight is 312 g/mol. The molecule has 2 aromatic rings.